The van der Waals surface area contributed by atoms with Crippen LogP contribution in [0, 0.1) is 0 Å². The molecular formula is C15H25N3O4S. The van der Waals surface area contributed by atoms with Crippen molar-refractivity contribution >= 4 is 21.6 Å². The zero-order valence-electron chi connectivity index (χ0n) is 14.0. The summed E-state index contributed by atoms with van der Waals surface area (Å²) < 4.78 is 28.9. The van der Waals surface area contributed by atoms with Crippen LogP contribution in [-0.2, 0) is 14.8 Å². The Kier molecular flexibility index (Phi) is 7.31. The number of hydrogen-bond donors (Lipinski definition) is 2. The predicted octanol–water partition coefficient (Wildman–Crippen LogP) is 0.893. The van der Waals surface area contributed by atoms with E-state index in [1.807, 2.05) is 31.2 Å². The van der Waals surface area contributed by atoms with Crippen molar-refractivity contribution in [3.8, 4) is 5.75 Å². The molecule has 0 aliphatic rings. The maximum Gasteiger partial charge on any atom is 0.242 e. The summed E-state index contributed by atoms with van der Waals surface area (Å²) in [5, 5.41) is 5.89. The summed E-state index contributed by atoms with van der Waals surface area (Å²) in [4.78, 5) is 12.2. The summed E-state index contributed by atoms with van der Waals surface area (Å²) in [6.07, 6.45) is 1.74. The van der Waals surface area contributed by atoms with Crippen LogP contribution in [0.3, 0.4) is 0 Å². The Morgan fingerprint density at radius 2 is 2.09 bits per heavy atom. The number of methoxy groups -OCH3 is 1. The minimum absolute atomic E-state index is 0.169. The van der Waals surface area contributed by atoms with Gasteiger partial charge in [0.25, 0.3) is 0 Å². The Morgan fingerprint density at radius 1 is 1.39 bits per heavy atom. The minimum atomic E-state index is -3.23. The van der Waals surface area contributed by atoms with Gasteiger partial charge in [-0.15, -0.1) is 0 Å². The van der Waals surface area contributed by atoms with Crippen molar-refractivity contribution in [2.24, 2.45) is 0 Å². The van der Waals surface area contributed by atoms with Gasteiger partial charge in [0.2, 0.25) is 15.9 Å². The van der Waals surface area contributed by atoms with Crippen LogP contribution in [0.25, 0.3) is 0 Å². The molecule has 0 spiro atoms. The number of rotatable bonds is 9. The third-order valence-electron chi connectivity index (χ3n) is 3.43. The van der Waals surface area contributed by atoms with Crippen LogP contribution < -0.4 is 15.4 Å². The lowest BCUT2D eigenvalue weighted by Gasteiger charge is -2.19. The van der Waals surface area contributed by atoms with Gasteiger partial charge in [-0.2, -0.15) is 0 Å². The van der Waals surface area contributed by atoms with E-state index in [2.05, 4.69) is 10.6 Å². The quantitative estimate of drug-likeness (QED) is 0.695. The van der Waals surface area contributed by atoms with E-state index in [0.717, 1.165) is 11.9 Å². The molecule has 8 heteroatoms. The second-order valence-corrected chi connectivity index (χ2v) is 7.30. The van der Waals surface area contributed by atoms with Crippen LogP contribution in [0.4, 0.5) is 5.69 Å². The van der Waals surface area contributed by atoms with Gasteiger partial charge in [-0.05, 0) is 18.6 Å². The summed E-state index contributed by atoms with van der Waals surface area (Å²) in [5.41, 5.74) is 0.791. The van der Waals surface area contributed by atoms with Gasteiger partial charge in [-0.1, -0.05) is 13.0 Å². The van der Waals surface area contributed by atoms with E-state index in [1.165, 1.54) is 11.4 Å². The first-order valence-electron chi connectivity index (χ1n) is 7.37. The zero-order valence-corrected chi connectivity index (χ0v) is 14.8. The second-order valence-electron chi connectivity index (χ2n) is 5.21. The van der Waals surface area contributed by atoms with Gasteiger partial charge in [-0.3, -0.25) is 4.79 Å². The number of nitrogens with zero attached hydrogens (tertiary/aromatic N) is 1. The van der Waals surface area contributed by atoms with Crippen molar-refractivity contribution in [3.63, 3.8) is 0 Å². The normalized spacial score (nSPS) is 12.7. The summed E-state index contributed by atoms with van der Waals surface area (Å²) in [6, 6.07) is 6.94. The van der Waals surface area contributed by atoms with Crippen molar-refractivity contribution in [1.29, 1.82) is 0 Å². The molecule has 0 radical (unpaired) electrons. The molecule has 1 rings (SSSR count). The highest BCUT2D eigenvalue weighted by atomic mass is 32.2. The highest BCUT2D eigenvalue weighted by Crippen LogP contribution is 2.18. The van der Waals surface area contributed by atoms with E-state index in [0.29, 0.717) is 12.2 Å². The van der Waals surface area contributed by atoms with Crippen molar-refractivity contribution in [2.45, 2.75) is 19.4 Å². The molecule has 0 aromatic heterocycles. The van der Waals surface area contributed by atoms with Gasteiger partial charge in [0.05, 0.1) is 13.4 Å². The Morgan fingerprint density at radius 3 is 2.65 bits per heavy atom. The lowest BCUT2D eigenvalue weighted by molar-refractivity contribution is -0.121. The van der Waals surface area contributed by atoms with Gasteiger partial charge in [0.1, 0.15) is 11.8 Å². The molecule has 0 bridgehead atoms. The third-order valence-corrected chi connectivity index (χ3v) is 4.74. The number of likely N-dealkylation sites (N-methyl/N-ethyl adjacent to an activating group) is 1. The van der Waals surface area contributed by atoms with Crippen LogP contribution >= 0.6 is 0 Å². The average molecular weight is 343 g/mol. The molecule has 7 nitrogen and oxygen atoms in total. The molecule has 1 aromatic rings. The molecule has 0 saturated heterocycles. The molecular weight excluding hydrogens is 318 g/mol. The lowest BCUT2D eigenvalue weighted by atomic mass is 10.2. The van der Waals surface area contributed by atoms with Gasteiger partial charge in [0, 0.05) is 31.9 Å². The topological polar surface area (TPSA) is 87.7 Å². The number of carbonyl (C=O) groups is 1. The SMILES string of the molecule is CCC(Nc1cccc(OC)c1)C(=O)NCCN(C)S(C)(=O)=O. The van der Waals surface area contributed by atoms with E-state index in [9.17, 15) is 13.2 Å². The van der Waals surface area contributed by atoms with Crippen LogP contribution in [0.5, 0.6) is 5.75 Å². The number of sulfonamides is 1. The summed E-state index contributed by atoms with van der Waals surface area (Å²) in [5.74, 6) is 0.539. The molecule has 1 aromatic carbocycles. The number of nitrogens with one attached hydrogen (secondary N) is 2. The predicted molar refractivity (Wildman–Crippen MR) is 91.2 cm³/mol. The minimum Gasteiger partial charge on any atom is -0.497 e. The average Bonchev–Trinajstić information content (AvgIpc) is 2.51. The summed E-state index contributed by atoms with van der Waals surface area (Å²) >= 11 is 0. The third kappa shape index (κ3) is 6.45. The van der Waals surface area contributed by atoms with Crippen molar-refractivity contribution in [3.05, 3.63) is 24.3 Å². The number of ether oxygens (including phenoxy) is 1. The van der Waals surface area contributed by atoms with Gasteiger partial charge in [0.15, 0.2) is 0 Å². The zero-order chi connectivity index (χ0) is 17.5. The molecule has 0 aliphatic heterocycles. The maximum absolute atomic E-state index is 12.2. The number of carbonyl (C=O) groups excluding carboxylic acids is 1. The number of amides is 1. The maximum atomic E-state index is 12.2. The largest absolute Gasteiger partial charge is 0.497 e. The van der Waals surface area contributed by atoms with Crippen LogP contribution in [0.2, 0.25) is 0 Å². The molecule has 130 valence electrons. The monoisotopic (exact) mass is 343 g/mol. The van der Waals surface area contributed by atoms with Crippen LogP contribution in [0.15, 0.2) is 24.3 Å². The fourth-order valence-corrected chi connectivity index (χ4v) is 2.32. The smallest absolute Gasteiger partial charge is 0.242 e. The number of hydrogen-bond acceptors (Lipinski definition) is 5. The van der Waals surface area contributed by atoms with E-state index in [-0.39, 0.29) is 19.0 Å². The Bertz CT molecular complexity index is 619. The number of anilines is 1. The molecule has 2 N–H and O–H groups in total. The van der Waals surface area contributed by atoms with Crippen molar-refractivity contribution < 1.29 is 17.9 Å². The van der Waals surface area contributed by atoms with E-state index >= 15 is 0 Å². The summed E-state index contributed by atoms with van der Waals surface area (Å²) in [7, 11) is -0.166. The van der Waals surface area contributed by atoms with E-state index in [1.54, 1.807) is 7.11 Å². The first kappa shape index (κ1) is 19.2. The Labute approximate surface area is 138 Å². The fourth-order valence-electron chi connectivity index (χ4n) is 1.89. The highest BCUT2D eigenvalue weighted by Gasteiger charge is 2.17. The molecule has 1 atom stereocenters. The van der Waals surface area contributed by atoms with Gasteiger partial charge >= 0.3 is 0 Å². The first-order valence-corrected chi connectivity index (χ1v) is 9.22. The van der Waals surface area contributed by atoms with Crippen LogP contribution in [-0.4, -0.2) is 58.2 Å². The molecule has 0 aliphatic carbocycles. The molecule has 23 heavy (non-hydrogen) atoms. The van der Waals surface area contributed by atoms with Crippen molar-refractivity contribution in [1.82, 2.24) is 9.62 Å². The Balaban J connectivity index is 2.55. The molecule has 0 fully saturated rings. The fraction of sp³-hybridized carbons (Fsp3) is 0.533. The highest BCUT2D eigenvalue weighted by molar-refractivity contribution is 7.88. The standard InChI is InChI=1S/C15H25N3O4S/c1-5-14(17-12-7-6-8-13(11-12)22-3)15(19)16-9-10-18(2)23(4,20)21/h6-8,11,14,17H,5,9-10H2,1-4H3,(H,16,19). The number of benzene rings is 1. The van der Waals surface area contributed by atoms with Gasteiger partial charge in [-0.25, -0.2) is 12.7 Å². The Hall–Kier alpha value is -1.80. The second kappa shape index (κ2) is 8.73. The summed E-state index contributed by atoms with van der Waals surface area (Å²) in [6.45, 7) is 2.40. The molecule has 0 saturated carbocycles. The van der Waals surface area contributed by atoms with E-state index < -0.39 is 16.1 Å². The lowest BCUT2D eigenvalue weighted by Crippen LogP contribution is -2.42. The molecule has 1 unspecified atom stereocenters. The molecule has 0 heterocycles. The molecule has 1 amide bonds. The van der Waals surface area contributed by atoms with Crippen LogP contribution in [0.1, 0.15) is 13.3 Å². The van der Waals surface area contributed by atoms with Crippen molar-refractivity contribution in [2.75, 3.05) is 38.8 Å². The van der Waals surface area contributed by atoms with Gasteiger partial charge < -0.3 is 15.4 Å². The first-order chi connectivity index (χ1) is 10.8. The van der Waals surface area contributed by atoms with E-state index in [4.69, 9.17) is 4.74 Å².